The average molecular weight is 452 g/mol. The molecule has 1 aromatic heterocycles. The third-order valence-corrected chi connectivity index (χ3v) is 5.89. The summed E-state index contributed by atoms with van der Waals surface area (Å²) in [6, 6.07) is 15.4. The summed E-state index contributed by atoms with van der Waals surface area (Å²) in [5, 5.41) is 1.41. The van der Waals surface area contributed by atoms with Crippen LogP contribution in [0.25, 0.3) is 22.2 Å². The number of hydrogen-bond acceptors (Lipinski definition) is 4. The van der Waals surface area contributed by atoms with Gasteiger partial charge in [-0.3, -0.25) is 4.79 Å². The van der Waals surface area contributed by atoms with Crippen LogP contribution in [0, 0.1) is 6.92 Å². The number of piperazine rings is 1. The molecule has 2 heterocycles. The van der Waals surface area contributed by atoms with Crippen LogP contribution in [0.1, 0.15) is 29.3 Å². The Kier molecular flexibility index (Phi) is 6.61. The zero-order chi connectivity index (χ0) is 22.7. The number of carbonyl (C=O) groups excluding carboxylic acids is 2. The van der Waals surface area contributed by atoms with Gasteiger partial charge < -0.3 is 14.5 Å². The van der Waals surface area contributed by atoms with Crippen molar-refractivity contribution in [2.75, 3.05) is 32.8 Å². The first-order valence-corrected chi connectivity index (χ1v) is 11.2. The molecule has 3 aromatic rings. The smallest absolute Gasteiger partial charge is 0.409 e. The molecule has 2 amide bonds. The molecule has 166 valence electrons. The molecular formula is C25H26ClN3O3. The van der Waals surface area contributed by atoms with E-state index in [2.05, 4.69) is 6.07 Å². The first-order valence-electron chi connectivity index (χ1n) is 10.8. The van der Waals surface area contributed by atoms with Gasteiger partial charge in [0.05, 0.1) is 22.8 Å². The van der Waals surface area contributed by atoms with Gasteiger partial charge >= 0.3 is 6.09 Å². The van der Waals surface area contributed by atoms with Gasteiger partial charge in [0.1, 0.15) is 0 Å². The minimum atomic E-state index is -0.313. The van der Waals surface area contributed by atoms with E-state index in [0.29, 0.717) is 48.9 Å². The van der Waals surface area contributed by atoms with Gasteiger partial charge in [0.15, 0.2) is 0 Å². The number of amides is 2. The largest absolute Gasteiger partial charge is 0.449 e. The molecule has 1 aliphatic heterocycles. The zero-order valence-corrected chi connectivity index (χ0v) is 19.1. The van der Waals surface area contributed by atoms with Crippen LogP contribution in [-0.4, -0.2) is 59.6 Å². The number of fused-ring (bicyclic) bond motifs is 1. The highest BCUT2D eigenvalue weighted by Crippen LogP contribution is 2.29. The summed E-state index contributed by atoms with van der Waals surface area (Å²) in [6.45, 7) is 6.26. The highest BCUT2D eigenvalue weighted by Gasteiger charge is 2.26. The molecule has 0 N–H and O–H groups in total. The Labute approximate surface area is 192 Å². The van der Waals surface area contributed by atoms with Crippen LogP contribution in [0.5, 0.6) is 0 Å². The number of nitrogens with zero attached hydrogens (tertiary/aromatic N) is 3. The van der Waals surface area contributed by atoms with E-state index in [1.807, 2.05) is 44.2 Å². The monoisotopic (exact) mass is 451 g/mol. The van der Waals surface area contributed by atoms with E-state index in [0.717, 1.165) is 28.6 Å². The molecule has 1 saturated heterocycles. The Morgan fingerprint density at radius 3 is 2.50 bits per heavy atom. The Hall–Kier alpha value is -3.12. The molecule has 32 heavy (non-hydrogen) atoms. The predicted molar refractivity (Wildman–Crippen MR) is 126 cm³/mol. The summed E-state index contributed by atoms with van der Waals surface area (Å²) < 4.78 is 5.19. The SMILES string of the molecule is CCCOC(=O)N1CCN(C(=O)c2ccc3c(Cl)cc(-c4cccc(C)c4)nc3c2)CC1. The summed E-state index contributed by atoms with van der Waals surface area (Å²) in [4.78, 5) is 33.3. The number of aromatic nitrogens is 1. The van der Waals surface area contributed by atoms with Crippen molar-refractivity contribution >= 4 is 34.5 Å². The van der Waals surface area contributed by atoms with Gasteiger partial charge in [-0.1, -0.05) is 48.4 Å². The summed E-state index contributed by atoms with van der Waals surface area (Å²) in [5.74, 6) is -0.0765. The second kappa shape index (κ2) is 9.57. The molecule has 0 atom stereocenters. The summed E-state index contributed by atoms with van der Waals surface area (Å²) >= 11 is 6.53. The van der Waals surface area contributed by atoms with Gasteiger partial charge in [-0.15, -0.1) is 0 Å². The number of benzene rings is 2. The van der Waals surface area contributed by atoms with Gasteiger partial charge in [-0.25, -0.2) is 9.78 Å². The maximum atomic E-state index is 13.1. The van der Waals surface area contributed by atoms with E-state index in [-0.39, 0.29) is 12.0 Å². The molecule has 2 aromatic carbocycles. The van der Waals surface area contributed by atoms with E-state index in [1.54, 1.807) is 21.9 Å². The molecule has 1 aliphatic rings. The van der Waals surface area contributed by atoms with Gasteiger partial charge in [0.2, 0.25) is 0 Å². The molecule has 0 bridgehead atoms. The molecule has 0 aliphatic carbocycles. The number of rotatable bonds is 4. The summed E-state index contributed by atoms with van der Waals surface area (Å²) in [5.41, 5.74) is 4.14. The van der Waals surface area contributed by atoms with E-state index in [9.17, 15) is 9.59 Å². The molecule has 6 nitrogen and oxygen atoms in total. The maximum absolute atomic E-state index is 13.1. The van der Waals surface area contributed by atoms with Gasteiger partial charge in [-0.2, -0.15) is 0 Å². The van der Waals surface area contributed by atoms with E-state index < -0.39 is 0 Å². The first-order chi connectivity index (χ1) is 15.5. The molecule has 0 saturated carbocycles. The van der Waals surface area contributed by atoms with E-state index in [1.165, 1.54) is 0 Å². The van der Waals surface area contributed by atoms with Crippen molar-refractivity contribution in [1.82, 2.24) is 14.8 Å². The fourth-order valence-corrected chi connectivity index (χ4v) is 4.09. The van der Waals surface area contributed by atoms with Crippen molar-refractivity contribution in [1.29, 1.82) is 0 Å². The number of carbonyl (C=O) groups is 2. The maximum Gasteiger partial charge on any atom is 0.409 e. The number of ether oxygens (including phenoxy) is 1. The lowest BCUT2D eigenvalue weighted by Crippen LogP contribution is -2.50. The van der Waals surface area contributed by atoms with Crippen molar-refractivity contribution in [3.8, 4) is 11.3 Å². The lowest BCUT2D eigenvalue weighted by atomic mass is 10.1. The van der Waals surface area contributed by atoms with Crippen molar-refractivity contribution in [3.05, 3.63) is 64.7 Å². The first kappa shape index (κ1) is 22.1. The van der Waals surface area contributed by atoms with Gasteiger partial charge in [0, 0.05) is 42.7 Å². The molecule has 0 radical (unpaired) electrons. The van der Waals surface area contributed by atoms with Crippen molar-refractivity contribution in [2.45, 2.75) is 20.3 Å². The van der Waals surface area contributed by atoms with Crippen molar-refractivity contribution in [2.24, 2.45) is 0 Å². The second-order valence-corrected chi connectivity index (χ2v) is 8.39. The second-order valence-electron chi connectivity index (χ2n) is 7.98. The average Bonchev–Trinajstić information content (AvgIpc) is 2.81. The fraction of sp³-hybridized carbons (Fsp3) is 0.320. The molecule has 0 unspecified atom stereocenters. The predicted octanol–water partition coefficient (Wildman–Crippen LogP) is 5.17. The fourth-order valence-electron chi connectivity index (χ4n) is 3.83. The van der Waals surface area contributed by atoms with Gasteiger partial charge in [0.25, 0.3) is 5.91 Å². The Balaban J connectivity index is 1.53. The minimum Gasteiger partial charge on any atom is -0.449 e. The normalized spacial score (nSPS) is 14.0. The molecule has 1 fully saturated rings. The van der Waals surface area contributed by atoms with E-state index in [4.69, 9.17) is 21.3 Å². The topological polar surface area (TPSA) is 62.7 Å². The number of aryl methyl sites for hydroxylation is 1. The van der Waals surface area contributed by atoms with Crippen LogP contribution in [0.4, 0.5) is 4.79 Å². The Morgan fingerprint density at radius 2 is 1.78 bits per heavy atom. The number of halogens is 1. The third kappa shape index (κ3) is 4.70. The molecule has 4 rings (SSSR count). The molecule has 7 heteroatoms. The highest BCUT2D eigenvalue weighted by atomic mass is 35.5. The Bertz CT molecular complexity index is 1160. The Morgan fingerprint density at radius 1 is 1.03 bits per heavy atom. The standard InChI is InChI=1S/C25H26ClN3O3/c1-3-13-32-25(31)29-11-9-28(10-12-29)24(30)19-7-8-20-21(26)16-22(27-23(20)15-19)18-6-4-5-17(2)14-18/h4-8,14-16H,3,9-13H2,1-2H3. The number of pyridine rings is 1. The quantitative estimate of drug-likeness (QED) is 0.549. The van der Waals surface area contributed by atoms with Crippen LogP contribution in [-0.2, 0) is 4.74 Å². The van der Waals surface area contributed by atoms with Crippen LogP contribution < -0.4 is 0 Å². The highest BCUT2D eigenvalue weighted by molar-refractivity contribution is 6.35. The third-order valence-electron chi connectivity index (χ3n) is 5.57. The summed E-state index contributed by atoms with van der Waals surface area (Å²) in [6.07, 6.45) is 0.475. The van der Waals surface area contributed by atoms with E-state index >= 15 is 0 Å². The molecule has 0 spiro atoms. The molecular weight excluding hydrogens is 426 g/mol. The van der Waals surface area contributed by atoms with Crippen LogP contribution in [0.15, 0.2) is 48.5 Å². The van der Waals surface area contributed by atoms with Crippen LogP contribution in [0.2, 0.25) is 5.02 Å². The zero-order valence-electron chi connectivity index (χ0n) is 18.3. The van der Waals surface area contributed by atoms with Crippen LogP contribution in [0.3, 0.4) is 0 Å². The van der Waals surface area contributed by atoms with Crippen molar-refractivity contribution < 1.29 is 14.3 Å². The van der Waals surface area contributed by atoms with Crippen molar-refractivity contribution in [3.63, 3.8) is 0 Å². The van der Waals surface area contributed by atoms with Crippen LogP contribution >= 0.6 is 11.6 Å². The lowest BCUT2D eigenvalue weighted by Gasteiger charge is -2.34. The number of hydrogen-bond donors (Lipinski definition) is 0. The minimum absolute atomic E-state index is 0.0765. The lowest BCUT2D eigenvalue weighted by molar-refractivity contribution is 0.0560. The summed E-state index contributed by atoms with van der Waals surface area (Å²) in [7, 11) is 0. The van der Waals surface area contributed by atoms with Gasteiger partial charge in [-0.05, 0) is 37.6 Å².